The van der Waals surface area contributed by atoms with Crippen LogP contribution in [0.15, 0.2) is 54.2 Å². The lowest BCUT2D eigenvalue weighted by Crippen LogP contribution is -2.32. The summed E-state index contributed by atoms with van der Waals surface area (Å²) >= 11 is 1.17. The highest BCUT2D eigenvalue weighted by Crippen LogP contribution is 2.27. The van der Waals surface area contributed by atoms with Crippen molar-refractivity contribution in [2.75, 3.05) is 5.32 Å². The summed E-state index contributed by atoms with van der Waals surface area (Å²) in [5, 5.41) is 15.6. The molecular weight excluding hydrogens is 434 g/mol. The van der Waals surface area contributed by atoms with Crippen molar-refractivity contribution in [3.8, 4) is 11.3 Å². The van der Waals surface area contributed by atoms with Crippen molar-refractivity contribution in [3.05, 3.63) is 69.8 Å². The molecule has 0 saturated heterocycles. The predicted molar refractivity (Wildman–Crippen MR) is 118 cm³/mol. The van der Waals surface area contributed by atoms with E-state index < -0.39 is 22.9 Å². The van der Waals surface area contributed by atoms with Crippen molar-refractivity contribution in [3.63, 3.8) is 0 Å². The van der Waals surface area contributed by atoms with Crippen LogP contribution in [0.4, 0.5) is 10.8 Å². The number of ether oxygens (including phenoxy) is 1. The van der Waals surface area contributed by atoms with Crippen LogP contribution in [-0.2, 0) is 9.53 Å². The molecule has 2 heterocycles. The molecule has 2 N–H and O–H groups in total. The third kappa shape index (κ3) is 4.47. The molecule has 1 unspecified atom stereocenters. The maximum Gasteiger partial charge on any atom is 0.338 e. The highest BCUT2D eigenvalue weighted by Gasteiger charge is 2.23. The van der Waals surface area contributed by atoms with Crippen LogP contribution in [0, 0.1) is 10.1 Å². The summed E-state index contributed by atoms with van der Waals surface area (Å²) in [6.45, 7) is 1.73. The molecule has 0 spiro atoms. The number of carbonyl (C=O) groups is 2. The summed E-state index contributed by atoms with van der Waals surface area (Å²) in [6, 6.07) is 11.0. The number of benzene rings is 2. The van der Waals surface area contributed by atoms with Crippen LogP contribution >= 0.6 is 11.3 Å². The van der Waals surface area contributed by atoms with Crippen LogP contribution in [0.2, 0.25) is 0 Å². The van der Waals surface area contributed by atoms with E-state index in [0.717, 1.165) is 5.52 Å². The van der Waals surface area contributed by atoms with Crippen LogP contribution < -0.4 is 5.32 Å². The second-order valence-electron chi connectivity index (χ2n) is 6.77. The molecular formula is C21H17N5O5S. The van der Waals surface area contributed by atoms with E-state index in [9.17, 15) is 19.7 Å². The number of carbonyl (C=O) groups excluding carboxylic acids is 2. The van der Waals surface area contributed by atoms with Gasteiger partial charge in [0.25, 0.3) is 11.6 Å². The number of non-ortho nitro benzene ring substituents is 1. The van der Waals surface area contributed by atoms with E-state index in [1.807, 2.05) is 0 Å². The highest BCUT2D eigenvalue weighted by molar-refractivity contribution is 7.14. The Bertz CT molecular complexity index is 1310. The summed E-state index contributed by atoms with van der Waals surface area (Å²) in [4.78, 5) is 47.0. The van der Waals surface area contributed by atoms with Crippen LogP contribution in [-0.4, -0.2) is 37.9 Å². The summed E-state index contributed by atoms with van der Waals surface area (Å²) in [6.07, 6.45) is 0.787. The lowest BCUT2D eigenvalue weighted by Gasteiger charge is -2.15. The maximum absolute atomic E-state index is 12.6. The molecule has 1 amide bonds. The van der Waals surface area contributed by atoms with Gasteiger partial charge in [-0.3, -0.25) is 20.2 Å². The number of rotatable bonds is 7. The number of nitro groups is 1. The topological polar surface area (TPSA) is 140 Å². The lowest BCUT2D eigenvalue weighted by molar-refractivity contribution is -0.384. The van der Waals surface area contributed by atoms with E-state index >= 15 is 0 Å². The van der Waals surface area contributed by atoms with Crippen LogP contribution in [0.1, 0.15) is 23.7 Å². The Morgan fingerprint density at radius 3 is 2.91 bits per heavy atom. The first-order valence-electron chi connectivity index (χ1n) is 9.60. The molecule has 0 aliphatic heterocycles. The first-order chi connectivity index (χ1) is 15.4. The zero-order valence-corrected chi connectivity index (χ0v) is 17.6. The molecule has 2 aromatic carbocycles. The quantitative estimate of drug-likeness (QED) is 0.244. The van der Waals surface area contributed by atoms with E-state index in [0.29, 0.717) is 27.5 Å². The molecule has 0 aliphatic carbocycles. The maximum atomic E-state index is 12.6. The summed E-state index contributed by atoms with van der Waals surface area (Å²) in [5.41, 5.74) is 2.71. The Kier molecular flexibility index (Phi) is 5.90. The average Bonchev–Trinajstić information content (AvgIpc) is 3.46. The van der Waals surface area contributed by atoms with E-state index in [4.69, 9.17) is 4.74 Å². The summed E-state index contributed by atoms with van der Waals surface area (Å²) < 4.78 is 5.40. The third-order valence-corrected chi connectivity index (χ3v) is 5.41. The molecule has 4 rings (SSSR count). The van der Waals surface area contributed by atoms with Gasteiger partial charge in [0.05, 0.1) is 33.5 Å². The van der Waals surface area contributed by atoms with Gasteiger partial charge >= 0.3 is 5.97 Å². The molecule has 2 aromatic heterocycles. The van der Waals surface area contributed by atoms with E-state index in [-0.39, 0.29) is 12.1 Å². The molecule has 1 atom stereocenters. The van der Waals surface area contributed by atoms with Crippen molar-refractivity contribution in [1.29, 1.82) is 0 Å². The molecule has 0 saturated carbocycles. The van der Waals surface area contributed by atoms with Gasteiger partial charge in [-0.1, -0.05) is 19.1 Å². The van der Waals surface area contributed by atoms with E-state index in [1.165, 1.54) is 29.8 Å². The predicted octanol–water partition coefficient (Wildman–Crippen LogP) is 4.17. The fourth-order valence-corrected chi connectivity index (χ4v) is 3.73. The van der Waals surface area contributed by atoms with E-state index in [2.05, 4.69) is 20.3 Å². The van der Waals surface area contributed by atoms with Gasteiger partial charge in [0, 0.05) is 23.1 Å². The van der Waals surface area contributed by atoms with Crippen molar-refractivity contribution in [2.24, 2.45) is 0 Å². The summed E-state index contributed by atoms with van der Waals surface area (Å²) in [5.74, 6) is -1.14. The number of hydrogen-bond donors (Lipinski definition) is 2. The van der Waals surface area contributed by atoms with Crippen LogP contribution in [0.5, 0.6) is 0 Å². The van der Waals surface area contributed by atoms with Gasteiger partial charge in [0.1, 0.15) is 0 Å². The molecule has 4 aromatic rings. The minimum Gasteiger partial charge on any atom is -0.449 e. The highest BCUT2D eigenvalue weighted by atomic mass is 32.1. The Morgan fingerprint density at radius 1 is 1.28 bits per heavy atom. The SMILES string of the molecule is CCC(OC(=O)c1ccc2nc[nH]c2c1)C(=O)Nc1nc(-c2cccc([N+](=O)[O-])c2)cs1. The zero-order valence-electron chi connectivity index (χ0n) is 16.8. The molecule has 32 heavy (non-hydrogen) atoms. The molecule has 0 radical (unpaired) electrons. The van der Waals surface area contributed by atoms with E-state index in [1.54, 1.807) is 42.6 Å². The number of aromatic amines is 1. The number of aromatic nitrogens is 3. The van der Waals surface area contributed by atoms with Gasteiger partial charge in [-0.25, -0.2) is 14.8 Å². The van der Waals surface area contributed by atoms with Gasteiger partial charge in [-0.15, -0.1) is 11.3 Å². The number of imidazole rings is 1. The third-order valence-electron chi connectivity index (χ3n) is 4.66. The Morgan fingerprint density at radius 2 is 2.12 bits per heavy atom. The first kappa shape index (κ1) is 21.1. The molecule has 10 nitrogen and oxygen atoms in total. The number of anilines is 1. The van der Waals surface area contributed by atoms with Gasteiger partial charge < -0.3 is 9.72 Å². The number of fused-ring (bicyclic) bond motifs is 1. The second kappa shape index (κ2) is 8.94. The molecule has 0 fully saturated rings. The molecule has 0 bridgehead atoms. The Balaban J connectivity index is 1.43. The van der Waals surface area contributed by atoms with Crippen molar-refractivity contribution < 1.29 is 19.2 Å². The normalized spacial score (nSPS) is 11.8. The smallest absolute Gasteiger partial charge is 0.338 e. The Hall–Kier alpha value is -4.12. The number of esters is 1. The average molecular weight is 451 g/mol. The minimum absolute atomic E-state index is 0.0487. The lowest BCUT2D eigenvalue weighted by atomic mass is 10.1. The number of hydrogen-bond acceptors (Lipinski definition) is 8. The van der Waals surface area contributed by atoms with Crippen LogP contribution in [0.3, 0.4) is 0 Å². The number of nitrogens with one attached hydrogen (secondary N) is 2. The molecule has 162 valence electrons. The minimum atomic E-state index is -1.01. The monoisotopic (exact) mass is 451 g/mol. The fraction of sp³-hybridized carbons (Fsp3) is 0.143. The molecule has 11 heteroatoms. The number of nitrogens with zero attached hydrogens (tertiary/aromatic N) is 3. The number of thiazole rings is 1. The largest absolute Gasteiger partial charge is 0.449 e. The number of nitro benzene ring substituents is 1. The number of amides is 1. The first-order valence-corrected chi connectivity index (χ1v) is 10.5. The number of H-pyrrole nitrogens is 1. The fourth-order valence-electron chi connectivity index (χ4n) is 3.01. The van der Waals surface area contributed by atoms with Crippen LogP contribution in [0.25, 0.3) is 22.3 Å². The van der Waals surface area contributed by atoms with Gasteiger partial charge in [0.2, 0.25) is 0 Å². The van der Waals surface area contributed by atoms with Gasteiger partial charge in [-0.05, 0) is 24.6 Å². The zero-order chi connectivity index (χ0) is 22.7. The second-order valence-corrected chi connectivity index (χ2v) is 7.63. The summed E-state index contributed by atoms with van der Waals surface area (Å²) in [7, 11) is 0. The van der Waals surface area contributed by atoms with Gasteiger partial charge in [0.15, 0.2) is 11.2 Å². The van der Waals surface area contributed by atoms with Crippen molar-refractivity contribution in [2.45, 2.75) is 19.4 Å². The standard InChI is InChI=1S/C21H17N5O5S/c1-2-18(31-20(28)13-6-7-15-16(9-13)23-11-22-15)19(27)25-21-24-17(10-32-21)12-4-3-5-14(8-12)26(29)30/h3-11,18H,2H2,1H3,(H,22,23)(H,24,25,27). The van der Waals surface area contributed by atoms with Crippen molar-refractivity contribution >= 4 is 45.1 Å². The van der Waals surface area contributed by atoms with Gasteiger partial charge in [-0.2, -0.15) is 0 Å². The molecule has 0 aliphatic rings. The van der Waals surface area contributed by atoms with Crippen molar-refractivity contribution in [1.82, 2.24) is 15.0 Å². The Labute approximate surface area is 185 Å².